The standard InChI is InChI=1S/C15H12N2O5/c18-17(19)12-3-1-11(2-4-12)16-7-10-5-14-15(22-9-21-14)6-13(10)20-8-16/h1-6H,7-9H2. The molecule has 0 aliphatic carbocycles. The van der Waals surface area contributed by atoms with Crippen molar-refractivity contribution in [2.45, 2.75) is 6.54 Å². The molecule has 0 unspecified atom stereocenters. The van der Waals surface area contributed by atoms with Gasteiger partial charge in [-0.05, 0) is 18.2 Å². The number of nitro groups is 1. The van der Waals surface area contributed by atoms with Crippen LogP contribution in [0.2, 0.25) is 0 Å². The largest absolute Gasteiger partial charge is 0.473 e. The third-order valence-electron chi connectivity index (χ3n) is 3.72. The SMILES string of the molecule is O=[N+]([O-])c1ccc(N2COc3cc4c(cc3C2)OCO4)cc1. The Morgan fingerprint density at radius 3 is 2.45 bits per heavy atom. The van der Waals surface area contributed by atoms with Crippen LogP contribution in [0.25, 0.3) is 0 Å². The van der Waals surface area contributed by atoms with Crippen molar-refractivity contribution < 1.29 is 19.1 Å². The van der Waals surface area contributed by atoms with E-state index >= 15 is 0 Å². The van der Waals surface area contributed by atoms with E-state index in [-0.39, 0.29) is 12.5 Å². The van der Waals surface area contributed by atoms with E-state index in [1.165, 1.54) is 12.1 Å². The minimum atomic E-state index is -0.410. The molecule has 0 amide bonds. The van der Waals surface area contributed by atoms with Gasteiger partial charge in [-0.25, -0.2) is 0 Å². The molecule has 0 aromatic heterocycles. The molecule has 0 fully saturated rings. The fourth-order valence-electron chi connectivity index (χ4n) is 2.57. The predicted octanol–water partition coefficient (Wildman–Crippen LogP) is 2.68. The number of benzene rings is 2. The highest BCUT2D eigenvalue weighted by atomic mass is 16.7. The molecule has 0 radical (unpaired) electrons. The van der Waals surface area contributed by atoms with Gasteiger partial charge in [-0.15, -0.1) is 0 Å². The molecule has 2 aliphatic rings. The Hall–Kier alpha value is -2.96. The van der Waals surface area contributed by atoms with Crippen molar-refractivity contribution in [2.24, 2.45) is 0 Å². The number of ether oxygens (including phenoxy) is 3. The summed E-state index contributed by atoms with van der Waals surface area (Å²) in [5.41, 5.74) is 1.94. The first-order valence-corrected chi connectivity index (χ1v) is 6.75. The molecular weight excluding hydrogens is 288 g/mol. The highest BCUT2D eigenvalue weighted by molar-refractivity contribution is 5.57. The van der Waals surface area contributed by atoms with Gasteiger partial charge in [0, 0.05) is 36.0 Å². The molecule has 0 bridgehead atoms. The van der Waals surface area contributed by atoms with Crippen LogP contribution in [0.4, 0.5) is 11.4 Å². The van der Waals surface area contributed by atoms with Crippen molar-refractivity contribution in [1.82, 2.24) is 0 Å². The number of nitro benzene ring substituents is 1. The number of hydrogen-bond donors (Lipinski definition) is 0. The Morgan fingerprint density at radius 2 is 1.73 bits per heavy atom. The molecule has 2 aliphatic heterocycles. The fourth-order valence-corrected chi connectivity index (χ4v) is 2.57. The molecule has 0 saturated heterocycles. The van der Waals surface area contributed by atoms with Gasteiger partial charge in [-0.3, -0.25) is 10.1 Å². The van der Waals surface area contributed by atoms with Gasteiger partial charge in [0.15, 0.2) is 18.2 Å². The summed E-state index contributed by atoms with van der Waals surface area (Å²) >= 11 is 0. The van der Waals surface area contributed by atoms with Crippen molar-refractivity contribution in [1.29, 1.82) is 0 Å². The average Bonchev–Trinajstić information content (AvgIpc) is 2.99. The maximum atomic E-state index is 10.7. The first kappa shape index (κ1) is 12.8. The predicted molar refractivity (Wildman–Crippen MR) is 77.3 cm³/mol. The number of fused-ring (bicyclic) bond motifs is 2. The van der Waals surface area contributed by atoms with E-state index in [9.17, 15) is 10.1 Å². The van der Waals surface area contributed by atoms with Gasteiger partial charge < -0.3 is 19.1 Å². The second kappa shape index (κ2) is 4.80. The van der Waals surface area contributed by atoms with Gasteiger partial charge in [-0.2, -0.15) is 0 Å². The van der Waals surface area contributed by atoms with Gasteiger partial charge in [-0.1, -0.05) is 0 Å². The van der Waals surface area contributed by atoms with E-state index in [4.69, 9.17) is 14.2 Å². The second-order valence-corrected chi connectivity index (χ2v) is 5.06. The van der Waals surface area contributed by atoms with Crippen LogP contribution in [0.15, 0.2) is 36.4 Å². The van der Waals surface area contributed by atoms with Gasteiger partial charge in [0.05, 0.1) is 4.92 Å². The Bertz CT molecular complexity index is 744. The van der Waals surface area contributed by atoms with Crippen LogP contribution in [0.3, 0.4) is 0 Å². The maximum Gasteiger partial charge on any atom is 0.269 e. The van der Waals surface area contributed by atoms with Crippen LogP contribution in [-0.4, -0.2) is 18.4 Å². The Balaban J connectivity index is 1.60. The lowest BCUT2D eigenvalue weighted by Gasteiger charge is -2.30. The van der Waals surface area contributed by atoms with Crippen LogP contribution in [0, 0.1) is 10.1 Å². The summed E-state index contributed by atoms with van der Waals surface area (Å²) in [4.78, 5) is 12.3. The maximum absolute atomic E-state index is 10.7. The summed E-state index contributed by atoms with van der Waals surface area (Å²) in [6.45, 7) is 1.25. The summed E-state index contributed by atoms with van der Waals surface area (Å²) in [6.07, 6.45) is 0. The van der Waals surface area contributed by atoms with Gasteiger partial charge in [0.2, 0.25) is 6.79 Å². The number of nitrogens with zero attached hydrogens (tertiary/aromatic N) is 2. The Morgan fingerprint density at radius 1 is 1.00 bits per heavy atom. The van der Waals surface area contributed by atoms with Crippen LogP contribution in [-0.2, 0) is 6.54 Å². The molecule has 0 N–H and O–H groups in total. The third kappa shape index (κ3) is 2.07. The summed E-state index contributed by atoms with van der Waals surface area (Å²) in [5, 5.41) is 10.7. The fraction of sp³-hybridized carbons (Fsp3) is 0.200. The zero-order valence-corrected chi connectivity index (χ0v) is 11.5. The lowest BCUT2D eigenvalue weighted by Crippen LogP contribution is -2.31. The lowest BCUT2D eigenvalue weighted by atomic mass is 10.1. The van der Waals surface area contributed by atoms with E-state index < -0.39 is 4.92 Å². The van der Waals surface area contributed by atoms with E-state index in [1.54, 1.807) is 12.1 Å². The zero-order valence-electron chi connectivity index (χ0n) is 11.5. The van der Waals surface area contributed by atoms with Crippen molar-refractivity contribution in [2.75, 3.05) is 18.4 Å². The molecular formula is C15H12N2O5. The van der Waals surface area contributed by atoms with Crippen LogP contribution < -0.4 is 19.1 Å². The van der Waals surface area contributed by atoms with Crippen molar-refractivity contribution in [3.8, 4) is 17.2 Å². The van der Waals surface area contributed by atoms with E-state index in [2.05, 4.69) is 0 Å². The molecule has 112 valence electrons. The molecule has 7 heteroatoms. The minimum Gasteiger partial charge on any atom is -0.473 e. The van der Waals surface area contributed by atoms with Crippen LogP contribution in [0.5, 0.6) is 17.2 Å². The second-order valence-electron chi connectivity index (χ2n) is 5.06. The number of anilines is 1. The van der Waals surface area contributed by atoms with Gasteiger partial charge in [0.1, 0.15) is 5.75 Å². The van der Waals surface area contributed by atoms with E-state index in [0.717, 1.165) is 17.0 Å². The number of hydrogen-bond acceptors (Lipinski definition) is 6. The molecule has 22 heavy (non-hydrogen) atoms. The first-order chi connectivity index (χ1) is 10.7. The van der Waals surface area contributed by atoms with Crippen molar-refractivity contribution in [3.05, 3.63) is 52.1 Å². The Labute approximate surface area is 125 Å². The quantitative estimate of drug-likeness (QED) is 0.627. The molecule has 0 spiro atoms. The number of non-ortho nitro benzene ring substituents is 1. The van der Waals surface area contributed by atoms with Crippen LogP contribution >= 0.6 is 0 Å². The highest BCUT2D eigenvalue weighted by Crippen LogP contribution is 2.40. The summed E-state index contributed by atoms with van der Waals surface area (Å²) in [5.74, 6) is 2.19. The summed E-state index contributed by atoms with van der Waals surface area (Å²) < 4.78 is 16.5. The number of rotatable bonds is 2. The van der Waals surface area contributed by atoms with Crippen LogP contribution in [0.1, 0.15) is 5.56 Å². The normalized spacial score (nSPS) is 15.2. The molecule has 7 nitrogen and oxygen atoms in total. The smallest absolute Gasteiger partial charge is 0.269 e. The zero-order chi connectivity index (χ0) is 15.1. The van der Waals surface area contributed by atoms with Crippen molar-refractivity contribution in [3.63, 3.8) is 0 Å². The van der Waals surface area contributed by atoms with E-state index in [1.807, 2.05) is 17.0 Å². The summed E-state index contributed by atoms with van der Waals surface area (Å²) in [7, 11) is 0. The molecule has 0 saturated carbocycles. The van der Waals surface area contributed by atoms with Gasteiger partial charge >= 0.3 is 0 Å². The molecule has 2 heterocycles. The molecule has 2 aromatic carbocycles. The first-order valence-electron chi connectivity index (χ1n) is 6.75. The summed E-state index contributed by atoms with van der Waals surface area (Å²) in [6, 6.07) is 10.2. The van der Waals surface area contributed by atoms with Crippen molar-refractivity contribution >= 4 is 11.4 Å². The molecule has 0 atom stereocenters. The average molecular weight is 300 g/mol. The molecule has 2 aromatic rings. The lowest BCUT2D eigenvalue weighted by molar-refractivity contribution is -0.384. The highest BCUT2D eigenvalue weighted by Gasteiger charge is 2.23. The van der Waals surface area contributed by atoms with E-state index in [0.29, 0.717) is 24.8 Å². The minimum absolute atomic E-state index is 0.0745. The third-order valence-corrected chi connectivity index (χ3v) is 3.72. The van der Waals surface area contributed by atoms with Gasteiger partial charge in [0.25, 0.3) is 5.69 Å². The topological polar surface area (TPSA) is 74.1 Å². The monoisotopic (exact) mass is 300 g/mol. The molecule has 4 rings (SSSR count). The Kier molecular flexibility index (Phi) is 2.78.